The van der Waals surface area contributed by atoms with Gasteiger partial charge in [-0.25, -0.2) is 0 Å². The molecule has 1 aliphatic heterocycles. The fourth-order valence-electron chi connectivity index (χ4n) is 2.39. The largest absolute Gasteiger partial charge is 0.368 e. The van der Waals surface area contributed by atoms with Gasteiger partial charge in [0, 0.05) is 43.7 Å². The lowest BCUT2D eigenvalue weighted by Gasteiger charge is -2.37. The molecule has 4 heteroatoms. The molecule has 19 heavy (non-hydrogen) atoms. The summed E-state index contributed by atoms with van der Waals surface area (Å²) in [5, 5.41) is 0. The first-order valence-electron chi connectivity index (χ1n) is 6.78. The SMILES string of the molecule is Cc1cccc(N2CCN(C(=O)C(C)CCl)CC2)c1. The van der Waals surface area contributed by atoms with Gasteiger partial charge in [0.15, 0.2) is 0 Å². The third-order valence-electron chi connectivity index (χ3n) is 3.61. The Morgan fingerprint density at radius 1 is 1.32 bits per heavy atom. The second-order valence-electron chi connectivity index (χ2n) is 5.21. The van der Waals surface area contributed by atoms with Gasteiger partial charge in [-0.05, 0) is 24.6 Å². The van der Waals surface area contributed by atoms with Crippen LogP contribution in [0.3, 0.4) is 0 Å². The van der Waals surface area contributed by atoms with Crippen molar-refractivity contribution in [3.05, 3.63) is 29.8 Å². The molecule has 2 rings (SSSR count). The van der Waals surface area contributed by atoms with Gasteiger partial charge in [-0.15, -0.1) is 11.6 Å². The second kappa shape index (κ2) is 6.29. The van der Waals surface area contributed by atoms with Crippen molar-refractivity contribution in [3.63, 3.8) is 0 Å². The van der Waals surface area contributed by atoms with Gasteiger partial charge in [0.25, 0.3) is 0 Å². The maximum Gasteiger partial charge on any atom is 0.226 e. The number of anilines is 1. The molecule has 1 atom stereocenters. The van der Waals surface area contributed by atoms with Crippen molar-refractivity contribution in [1.29, 1.82) is 0 Å². The molecule has 1 heterocycles. The van der Waals surface area contributed by atoms with Crippen molar-refractivity contribution in [1.82, 2.24) is 4.90 Å². The van der Waals surface area contributed by atoms with Gasteiger partial charge in [-0.2, -0.15) is 0 Å². The van der Waals surface area contributed by atoms with E-state index >= 15 is 0 Å². The number of halogens is 1. The summed E-state index contributed by atoms with van der Waals surface area (Å²) in [4.78, 5) is 16.3. The highest BCUT2D eigenvalue weighted by Gasteiger charge is 2.24. The van der Waals surface area contributed by atoms with Crippen LogP contribution >= 0.6 is 11.6 Å². The zero-order valence-electron chi connectivity index (χ0n) is 11.6. The van der Waals surface area contributed by atoms with Crippen LogP contribution in [-0.4, -0.2) is 42.9 Å². The van der Waals surface area contributed by atoms with Crippen molar-refractivity contribution >= 4 is 23.2 Å². The molecule has 1 saturated heterocycles. The van der Waals surface area contributed by atoms with Crippen molar-refractivity contribution < 1.29 is 4.79 Å². The number of carbonyl (C=O) groups is 1. The number of amides is 1. The van der Waals surface area contributed by atoms with E-state index in [-0.39, 0.29) is 11.8 Å². The Morgan fingerprint density at radius 3 is 2.58 bits per heavy atom. The van der Waals surface area contributed by atoms with E-state index in [0.29, 0.717) is 5.88 Å². The fraction of sp³-hybridized carbons (Fsp3) is 0.533. The maximum atomic E-state index is 12.0. The van der Waals surface area contributed by atoms with Crippen molar-refractivity contribution in [3.8, 4) is 0 Å². The van der Waals surface area contributed by atoms with Crippen molar-refractivity contribution in [2.75, 3.05) is 37.0 Å². The molecule has 0 N–H and O–H groups in total. The van der Waals surface area contributed by atoms with Gasteiger partial charge < -0.3 is 9.80 Å². The van der Waals surface area contributed by atoms with Gasteiger partial charge in [-0.3, -0.25) is 4.79 Å². The van der Waals surface area contributed by atoms with E-state index in [1.165, 1.54) is 11.3 Å². The average molecular weight is 281 g/mol. The molecule has 1 aliphatic rings. The molecule has 0 spiro atoms. The van der Waals surface area contributed by atoms with Gasteiger partial charge in [0.1, 0.15) is 0 Å². The fourth-order valence-corrected chi connectivity index (χ4v) is 2.52. The van der Waals surface area contributed by atoms with E-state index in [0.717, 1.165) is 26.2 Å². The van der Waals surface area contributed by atoms with E-state index in [1.807, 2.05) is 11.8 Å². The van der Waals surface area contributed by atoms with Gasteiger partial charge in [0.05, 0.1) is 0 Å². The minimum Gasteiger partial charge on any atom is -0.368 e. The van der Waals surface area contributed by atoms with Gasteiger partial charge in [-0.1, -0.05) is 19.1 Å². The predicted molar refractivity (Wildman–Crippen MR) is 79.9 cm³/mol. The number of aryl methyl sites for hydroxylation is 1. The highest BCUT2D eigenvalue weighted by atomic mass is 35.5. The first-order chi connectivity index (χ1) is 9.11. The van der Waals surface area contributed by atoms with Crippen LogP contribution in [0, 0.1) is 12.8 Å². The molecule has 104 valence electrons. The smallest absolute Gasteiger partial charge is 0.226 e. The predicted octanol–water partition coefficient (Wildman–Crippen LogP) is 2.52. The molecule has 1 unspecified atom stereocenters. The van der Waals surface area contributed by atoms with Crippen LogP contribution < -0.4 is 4.90 Å². The summed E-state index contributed by atoms with van der Waals surface area (Å²) in [6, 6.07) is 8.51. The number of nitrogens with zero attached hydrogens (tertiary/aromatic N) is 2. The number of alkyl halides is 1. The number of carbonyl (C=O) groups excluding carboxylic acids is 1. The van der Waals surface area contributed by atoms with Crippen LogP contribution in [0.2, 0.25) is 0 Å². The molecule has 0 aliphatic carbocycles. The lowest BCUT2D eigenvalue weighted by molar-refractivity contribution is -0.134. The molecule has 1 fully saturated rings. The van der Waals surface area contributed by atoms with E-state index in [2.05, 4.69) is 36.1 Å². The van der Waals surface area contributed by atoms with Crippen LogP contribution in [0.15, 0.2) is 24.3 Å². The molecule has 0 bridgehead atoms. The lowest BCUT2D eigenvalue weighted by atomic mass is 10.1. The first kappa shape index (κ1) is 14.2. The number of rotatable bonds is 3. The van der Waals surface area contributed by atoms with E-state index < -0.39 is 0 Å². The second-order valence-corrected chi connectivity index (χ2v) is 5.52. The zero-order chi connectivity index (χ0) is 13.8. The molecule has 3 nitrogen and oxygen atoms in total. The topological polar surface area (TPSA) is 23.6 Å². The van der Waals surface area contributed by atoms with Crippen molar-refractivity contribution in [2.45, 2.75) is 13.8 Å². The molecule has 1 aromatic carbocycles. The van der Waals surface area contributed by atoms with E-state index in [4.69, 9.17) is 11.6 Å². The molecule has 0 saturated carbocycles. The molecule has 1 aromatic rings. The molecule has 0 aromatic heterocycles. The van der Waals surface area contributed by atoms with Crippen LogP contribution in [0.4, 0.5) is 5.69 Å². The number of benzene rings is 1. The average Bonchev–Trinajstić information content (AvgIpc) is 2.46. The normalized spacial score (nSPS) is 17.4. The lowest BCUT2D eigenvalue weighted by Crippen LogP contribution is -2.50. The summed E-state index contributed by atoms with van der Waals surface area (Å²) in [6.07, 6.45) is 0. The van der Waals surface area contributed by atoms with Gasteiger partial charge >= 0.3 is 0 Å². The monoisotopic (exact) mass is 280 g/mol. The molecule has 1 amide bonds. The Balaban J connectivity index is 1.94. The standard InChI is InChI=1S/C15H21ClN2O/c1-12-4-3-5-14(10-12)17-6-8-18(9-7-17)15(19)13(2)11-16/h3-5,10,13H,6-9,11H2,1-2H3. The first-order valence-corrected chi connectivity index (χ1v) is 7.31. The number of hydrogen-bond acceptors (Lipinski definition) is 2. The minimum atomic E-state index is -0.0767. The molecular weight excluding hydrogens is 260 g/mol. The van der Waals surface area contributed by atoms with Crippen LogP contribution in [0.5, 0.6) is 0 Å². The summed E-state index contributed by atoms with van der Waals surface area (Å²) in [5.41, 5.74) is 2.52. The van der Waals surface area contributed by atoms with E-state index in [1.54, 1.807) is 0 Å². The Labute approximate surface area is 120 Å². The number of hydrogen-bond donors (Lipinski definition) is 0. The summed E-state index contributed by atoms with van der Waals surface area (Å²) >= 11 is 5.75. The van der Waals surface area contributed by atoms with E-state index in [9.17, 15) is 4.79 Å². The number of piperazine rings is 1. The summed E-state index contributed by atoms with van der Waals surface area (Å²) in [7, 11) is 0. The highest BCUT2D eigenvalue weighted by Crippen LogP contribution is 2.18. The van der Waals surface area contributed by atoms with Crippen LogP contribution in [0.25, 0.3) is 0 Å². The van der Waals surface area contributed by atoms with Crippen molar-refractivity contribution in [2.24, 2.45) is 5.92 Å². The summed E-state index contributed by atoms with van der Waals surface area (Å²) in [6.45, 7) is 7.35. The molecule has 0 radical (unpaired) electrons. The maximum absolute atomic E-state index is 12.0. The Kier molecular flexibility index (Phi) is 4.70. The van der Waals surface area contributed by atoms with Gasteiger partial charge in [0.2, 0.25) is 5.91 Å². The van der Waals surface area contributed by atoms with Crippen LogP contribution in [-0.2, 0) is 4.79 Å². The third kappa shape index (κ3) is 3.41. The molecular formula is C15H21ClN2O. The summed E-state index contributed by atoms with van der Waals surface area (Å²) in [5.74, 6) is 0.503. The Hall–Kier alpha value is -1.22. The Morgan fingerprint density at radius 2 is 2.00 bits per heavy atom. The summed E-state index contributed by atoms with van der Waals surface area (Å²) < 4.78 is 0. The Bertz CT molecular complexity index is 442. The quantitative estimate of drug-likeness (QED) is 0.795. The minimum absolute atomic E-state index is 0.0767. The zero-order valence-corrected chi connectivity index (χ0v) is 12.4. The van der Waals surface area contributed by atoms with Crippen LogP contribution in [0.1, 0.15) is 12.5 Å². The highest BCUT2D eigenvalue weighted by molar-refractivity contribution is 6.19. The third-order valence-corrected chi connectivity index (χ3v) is 4.07.